The summed E-state index contributed by atoms with van der Waals surface area (Å²) in [4.78, 5) is 13.6. The highest BCUT2D eigenvalue weighted by Gasteiger charge is 2.22. The summed E-state index contributed by atoms with van der Waals surface area (Å²) < 4.78 is 0. The summed E-state index contributed by atoms with van der Waals surface area (Å²) in [5.41, 5.74) is 1.06. The van der Waals surface area contributed by atoms with E-state index in [-0.39, 0.29) is 5.91 Å². The van der Waals surface area contributed by atoms with E-state index in [0.29, 0.717) is 6.42 Å². The van der Waals surface area contributed by atoms with Crippen LogP contribution in [-0.2, 0) is 4.79 Å². The number of hydrogen-bond acceptors (Lipinski definition) is 1. The molecule has 0 aliphatic carbocycles. The summed E-state index contributed by atoms with van der Waals surface area (Å²) in [5.74, 6) is 0.247. The van der Waals surface area contributed by atoms with E-state index in [0.717, 1.165) is 18.7 Å². The second-order valence-electron chi connectivity index (χ2n) is 4.15. The molecule has 2 nitrogen and oxygen atoms in total. The standard InChI is InChI=1S/C14H13NO/c16-14-9-4-10-15(14)13-8-3-6-11-5-1-2-7-12(11)13/h1-3,5-8H,4,9-10H2/i14+1. The van der Waals surface area contributed by atoms with Crippen LogP contribution in [0.25, 0.3) is 10.8 Å². The quantitative estimate of drug-likeness (QED) is 0.665. The van der Waals surface area contributed by atoms with Crippen LogP contribution in [0.5, 0.6) is 0 Å². The van der Waals surface area contributed by atoms with Crippen molar-refractivity contribution in [2.45, 2.75) is 12.8 Å². The Bertz CT molecular complexity index is 542. The van der Waals surface area contributed by atoms with Gasteiger partial charge in [-0.15, -0.1) is 0 Å². The lowest BCUT2D eigenvalue weighted by Gasteiger charge is -2.17. The summed E-state index contributed by atoms with van der Waals surface area (Å²) in [7, 11) is 0. The van der Waals surface area contributed by atoms with Crippen LogP contribution < -0.4 is 4.90 Å². The van der Waals surface area contributed by atoms with Gasteiger partial charge in [0.15, 0.2) is 0 Å². The molecule has 0 saturated carbocycles. The molecule has 0 spiro atoms. The molecular formula is C14H13NO. The van der Waals surface area contributed by atoms with Crippen molar-refractivity contribution in [2.24, 2.45) is 0 Å². The monoisotopic (exact) mass is 212 g/mol. The first-order chi connectivity index (χ1) is 7.86. The lowest BCUT2D eigenvalue weighted by Crippen LogP contribution is -2.23. The van der Waals surface area contributed by atoms with Crippen molar-refractivity contribution in [1.29, 1.82) is 0 Å². The van der Waals surface area contributed by atoms with Gasteiger partial charge >= 0.3 is 0 Å². The smallest absolute Gasteiger partial charge is 0.227 e. The van der Waals surface area contributed by atoms with Crippen LogP contribution in [0.1, 0.15) is 12.8 Å². The Morgan fingerprint density at radius 1 is 1.00 bits per heavy atom. The molecule has 1 aliphatic heterocycles. The fourth-order valence-electron chi connectivity index (χ4n) is 2.35. The van der Waals surface area contributed by atoms with E-state index in [4.69, 9.17) is 0 Å². The van der Waals surface area contributed by atoms with E-state index in [1.165, 1.54) is 10.8 Å². The number of benzene rings is 2. The predicted molar refractivity (Wildman–Crippen MR) is 65.5 cm³/mol. The molecule has 2 heteroatoms. The van der Waals surface area contributed by atoms with E-state index >= 15 is 0 Å². The minimum absolute atomic E-state index is 0.247. The van der Waals surface area contributed by atoms with Gasteiger partial charge in [0.05, 0.1) is 5.69 Å². The first-order valence-corrected chi connectivity index (χ1v) is 5.64. The summed E-state index contributed by atoms with van der Waals surface area (Å²) >= 11 is 0. The summed E-state index contributed by atoms with van der Waals surface area (Å²) in [6.07, 6.45) is 1.66. The Kier molecular flexibility index (Phi) is 2.13. The highest BCUT2D eigenvalue weighted by molar-refractivity contribution is 6.04. The number of fused-ring (bicyclic) bond motifs is 1. The first-order valence-electron chi connectivity index (χ1n) is 5.64. The Morgan fingerprint density at radius 3 is 2.62 bits per heavy atom. The molecule has 0 aromatic heterocycles. The predicted octanol–water partition coefficient (Wildman–Crippen LogP) is 2.97. The number of amides is 1. The second-order valence-corrected chi connectivity index (χ2v) is 4.15. The van der Waals surface area contributed by atoms with Gasteiger partial charge in [-0.1, -0.05) is 36.4 Å². The summed E-state index contributed by atoms with van der Waals surface area (Å²) in [5, 5.41) is 2.36. The fourth-order valence-corrected chi connectivity index (χ4v) is 2.35. The van der Waals surface area contributed by atoms with Crippen molar-refractivity contribution in [1.82, 2.24) is 0 Å². The third kappa shape index (κ3) is 1.38. The van der Waals surface area contributed by atoms with Crippen molar-refractivity contribution in [3.05, 3.63) is 42.5 Å². The van der Waals surface area contributed by atoms with Crippen LogP contribution in [0, 0.1) is 0 Å². The summed E-state index contributed by atoms with van der Waals surface area (Å²) in [6.45, 7) is 0.854. The molecule has 1 fully saturated rings. The Morgan fingerprint density at radius 2 is 1.81 bits per heavy atom. The SMILES string of the molecule is O=[13C]1CCCN1c1cccc2ccccc12. The van der Waals surface area contributed by atoms with Crippen molar-refractivity contribution in [3.8, 4) is 0 Å². The van der Waals surface area contributed by atoms with E-state index in [2.05, 4.69) is 18.2 Å². The van der Waals surface area contributed by atoms with Gasteiger partial charge < -0.3 is 4.90 Å². The zero-order valence-electron chi connectivity index (χ0n) is 9.02. The van der Waals surface area contributed by atoms with Crippen molar-refractivity contribution >= 4 is 22.4 Å². The molecule has 3 rings (SSSR count). The molecule has 0 atom stereocenters. The minimum atomic E-state index is 0.247. The van der Waals surface area contributed by atoms with E-state index in [9.17, 15) is 4.79 Å². The van der Waals surface area contributed by atoms with E-state index < -0.39 is 0 Å². The molecule has 16 heavy (non-hydrogen) atoms. The van der Waals surface area contributed by atoms with Crippen LogP contribution in [0.2, 0.25) is 0 Å². The highest BCUT2D eigenvalue weighted by Crippen LogP contribution is 2.29. The fraction of sp³-hybridized carbons (Fsp3) is 0.214. The van der Waals surface area contributed by atoms with Gasteiger partial charge in [0.1, 0.15) is 0 Å². The average molecular weight is 212 g/mol. The number of anilines is 1. The second kappa shape index (κ2) is 3.63. The van der Waals surface area contributed by atoms with E-state index in [1.54, 1.807) is 0 Å². The van der Waals surface area contributed by atoms with E-state index in [1.807, 2.05) is 29.2 Å². The van der Waals surface area contributed by atoms with Gasteiger partial charge in [-0.25, -0.2) is 0 Å². The van der Waals surface area contributed by atoms with Gasteiger partial charge in [-0.05, 0) is 17.9 Å². The maximum Gasteiger partial charge on any atom is 0.227 e. The lowest BCUT2D eigenvalue weighted by molar-refractivity contribution is -0.117. The normalized spacial score (nSPS) is 16.0. The van der Waals surface area contributed by atoms with Gasteiger partial charge in [0.2, 0.25) is 5.91 Å². The van der Waals surface area contributed by atoms with Gasteiger partial charge in [-0.3, -0.25) is 4.79 Å². The number of hydrogen-bond donors (Lipinski definition) is 0. The zero-order chi connectivity index (χ0) is 11.0. The molecule has 2 aromatic carbocycles. The van der Waals surface area contributed by atoms with Crippen LogP contribution in [0.15, 0.2) is 42.5 Å². The number of nitrogens with zero attached hydrogens (tertiary/aromatic N) is 1. The van der Waals surface area contributed by atoms with Gasteiger partial charge in [0, 0.05) is 18.4 Å². The van der Waals surface area contributed by atoms with Crippen molar-refractivity contribution in [2.75, 3.05) is 11.4 Å². The molecule has 80 valence electrons. The topological polar surface area (TPSA) is 20.3 Å². The van der Waals surface area contributed by atoms with Crippen LogP contribution in [-0.4, -0.2) is 12.5 Å². The van der Waals surface area contributed by atoms with Gasteiger partial charge in [-0.2, -0.15) is 0 Å². The molecule has 0 bridgehead atoms. The molecular weight excluding hydrogens is 199 g/mol. The molecule has 1 aliphatic rings. The minimum Gasteiger partial charge on any atom is -0.312 e. The number of rotatable bonds is 1. The van der Waals surface area contributed by atoms with Crippen LogP contribution in [0.3, 0.4) is 0 Å². The molecule has 2 aromatic rings. The number of carbonyl (C=O) groups is 1. The molecule has 1 amide bonds. The van der Waals surface area contributed by atoms with Crippen molar-refractivity contribution in [3.63, 3.8) is 0 Å². The third-order valence-corrected chi connectivity index (χ3v) is 3.13. The Hall–Kier alpha value is -1.83. The molecule has 1 saturated heterocycles. The lowest BCUT2D eigenvalue weighted by atomic mass is 10.1. The Balaban J connectivity index is 2.19. The highest BCUT2D eigenvalue weighted by atomic mass is 16.2. The molecule has 0 radical (unpaired) electrons. The van der Waals surface area contributed by atoms with Crippen LogP contribution in [0.4, 0.5) is 5.69 Å². The Labute approximate surface area is 94.5 Å². The zero-order valence-corrected chi connectivity index (χ0v) is 9.02. The largest absolute Gasteiger partial charge is 0.312 e. The molecule has 1 heterocycles. The maximum absolute atomic E-state index is 11.7. The number of carbonyl (C=O) groups excluding carboxylic acids is 1. The van der Waals surface area contributed by atoms with Crippen LogP contribution >= 0.6 is 0 Å². The molecule has 0 N–H and O–H groups in total. The summed E-state index contributed by atoms with van der Waals surface area (Å²) in [6, 6.07) is 14.3. The van der Waals surface area contributed by atoms with Gasteiger partial charge in [0.25, 0.3) is 0 Å². The maximum atomic E-state index is 11.7. The average Bonchev–Trinajstić information content (AvgIpc) is 2.75. The van der Waals surface area contributed by atoms with Crippen molar-refractivity contribution < 1.29 is 4.79 Å². The molecule has 0 unspecified atom stereocenters. The third-order valence-electron chi connectivity index (χ3n) is 3.13. The first kappa shape index (κ1) is 9.40.